The number of benzene rings is 1. The number of rotatable bonds is 6. The number of carbonyl (C=O) groups is 3. The summed E-state index contributed by atoms with van der Waals surface area (Å²) in [4.78, 5) is 45.7. The van der Waals surface area contributed by atoms with Crippen molar-refractivity contribution in [1.82, 2.24) is 15.2 Å². The third kappa shape index (κ3) is 3.70. The van der Waals surface area contributed by atoms with Crippen LogP contribution in [0.2, 0.25) is 0 Å². The molecule has 1 aromatic heterocycles. The van der Waals surface area contributed by atoms with Crippen molar-refractivity contribution < 1.29 is 14.4 Å². The molecule has 3 heterocycles. The van der Waals surface area contributed by atoms with Gasteiger partial charge < -0.3 is 10.2 Å². The van der Waals surface area contributed by atoms with Crippen LogP contribution >= 0.6 is 0 Å². The van der Waals surface area contributed by atoms with E-state index < -0.39 is 0 Å². The zero-order valence-corrected chi connectivity index (χ0v) is 16.7. The van der Waals surface area contributed by atoms with E-state index in [9.17, 15) is 14.4 Å². The normalized spacial score (nSPS) is 16.5. The van der Waals surface area contributed by atoms with Crippen LogP contribution in [0.25, 0.3) is 0 Å². The van der Waals surface area contributed by atoms with Gasteiger partial charge in [0.05, 0.1) is 23.4 Å². The number of hydrogen-bond acceptors (Lipinski definition) is 5. The second kappa shape index (κ2) is 8.49. The van der Waals surface area contributed by atoms with E-state index in [1.165, 1.54) is 4.90 Å². The van der Waals surface area contributed by atoms with Gasteiger partial charge in [0.2, 0.25) is 5.91 Å². The fourth-order valence-corrected chi connectivity index (χ4v) is 4.10. The first-order valence-electron chi connectivity index (χ1n) is 10.1. The van der Waals surface area contributed by atoms with Crippen molar-refractivity contribution in [2.45, 2.75) is 19.4 Å². The molecule has 0 saturated carbocycles. The number of nitrogens with zero attached hydrogens (tertiary/aromatic N) is 3. The first-order valence-corrected chi connectivity index (χ1v) is 10.1. The minimum atomic E-state index is -0.278. The van der Waals surface area contributed by atoms with Gasteiger partial charge in [0.1, 0.15) is 0 Å². The molecule has 30 heavy (non-hydrogen) atoms. The second-order valence-electron chi connectivity index (χ2n) is 7.55. The lowest BCUT2D eigenvalue weighted by molar-refractivity contribution is -0.125. The third-order valence-corrected chi connectivity index (χ3v) is 5.67. The molecule has 1 N–H and O–H groups in total. The molecule has 2 aliphatic heterocycles. The molecule has 7 heteroatoms. The molecule has 0 aliphatic carbocycles. The number of piperidine rings is 1. The van der Waals surface area contributed by atoms with E-state index in [1.807, 2.05) is 18.2 Å². The number of anilines is 1. The summed E-state index contributed by atoms with van der Waals surface area (Å²) in [5, 5.41) is 2.85. The number of fused-ring (bicyclic) bond motifs is 1. The average Bonchev–Trinajstić information content (AvgIpc) is 3.03. The van der Waals surface area contributed by atoms with Gasteiger partial charge in [-0.3, -0.25) is 24.3 Å². The fourth-order valence-electron chi connectivity index (χ4n) is 4.10. The molecular weight excluding hydrogens is 380 g/mol. The molecule has 1 fully saturated rings. The summed E-state index contributed by atoms with van der Waals surface area (Å²) in [6.45, 7) is 5.60. The lowest BCUT2D eigenvalue weighted by atomic mass is 9.94. The number of pyridine rings is 1. The Morgan fingerprint density at radius 1 is 1.17 bits per heavy atom. The van der Waals surface area contributed by atoms with E-state index >= 15 is 0 Å². The van der Waals surface area contributed by atoms with Crippen LogP contribution in [-0.2, 0) is 11.3 Å². The Hall–Kier alpha value is -3.48. The van der Waals surface area contributed by atoms with Crippen molar-refractivity contribution in [2.75, 3.05) is 24.5 Å². The molecular formula is C23H24N4O3. The second-order valence-corrected chi connectivity index (χ2v) is 7.55. The van der Waals surface area contributed by atoms with Gasteiger partial charge in [-0.25, -0.2) is 0 Å². The maximum atomic E-state index is 13.2. The highest BCUT2D eigenvalue weighted by molar-refractivity contribution is 6.23. The van der Waals surface area contributed by atoms with Crippen LogP contribution in [0.15, 0.2) is 55.4 Å². The Morgan fingerprint density at radius 2 is 1.97 bits per heavy atom. The molecule has 2 aliphatic rings. The highest BCUT2D eigenvalue weighted by Gasteiger charge is 2.39. The van der Waals surface area contributed by atoms with Crippen molar-refractivity contribution in [2.24, 2.45) is 5.92 Å². The number of aromatic nitrogens is 1. The molecule has 1 saturated heterocycles. The average molecular weight is 404 g/mol. The summed E-state index contributed by atoms with van der Waals surface area (Å²) in [5.74, 6) is -0.557. The summed E-state index contributed by atoms with van der Waals surface area (Å²) in [6.07, 6.45) is 6.39. The number of amides is 3. The van der Waals surface area contributed by atoms with Crippen molar-refractivity contribution in [3.63, 3.8) is 0 Å². The van der Waals surface area contributed by atoms with Crippen LogP contribution in [0, 0.1) is 5.92 Å². The Kier molecular flexibility index (Phi) is 5.61. The van der Waals surface area contributed by atoms with E-state index in [0.29, 0.717) is 43.6 Å². The predicted molar refractivity (Wildman–Crippen MR) is 113 cm³/mol. The molecule has 2 aromatic rings. The maximum Gasteiger partial charge on any atom is 0.263 e. The van der Waals surface area contributed by atoms with E-state index in [4.69, 9.17) is 0 Å². The Labute approximate surface area is 175 Å². The van der Waals surface area contributed by atoms with E-state index in [2.05, 4.69) is 21.8 Å². The van der Waals surface area contributed by atoms with Crippen LogP contribution in [0.3, 0.4) is 0 Å². The summed E-state index contributed by atoms with van der Waals surface area (Å²) in [6, 6.07) is 9.04. The predicted octanol–water partition coefficient (Wildman–Crippen LogP) is 2.40. The van der Waals surface area contributed by atoms with E-state index in [1.54, 1.807) is 30.6 Å². The number of carbonyl (C=O) groups excluding carboxylic acids is 3. The smallest absolute Gasteiger partial charge is 0.263 e. The van der Waals surface area contributed by atoms with Gasteiger partial charge in [-0.2, -0.15) is 0 Å². The molecule has 154 valence electrons. The SMILES string of the molecule is C=CCNC(=O)C1CCN(c2cccc3c2C(=O)N(Cc2cccnc2)C3=O)CC1. The summed E-state index contributed by atoms with van der Waals surface area (Å²) < 4.78 is 0. The number of imide groups is 1. The Morgan fingerprint density at radius 3 is 2.67 bits per heavy atom. The van der Waals surface area contributed by atoms with Crippen LogP contribution in [0.5, 0.6) is 0 Å². The molecule has 0 atom stereocenters. The van der Waals surface area contributed by atoms with Crippen molar-refractivity contribution in [3.05, 3.63) is 72.1 Å². The van der Waals surface area contributed by atoms with Crippen LogP contribution in [0.4, 0.5) is 5.69 Å². The fraction of sp³-hybridized carbons (Fsp3) is 0.304. The Bertz CT molecular complexity index is 981. The van der Waals surface area contributed by atoms with Gasteiger partial charge in [-0.05, 0) is 36.6 Å². The van der Waals surface area contributed by atoms with Gasteiger partial charge in [0, 0.05) is 37.9 Å². The molecule has 0 bridgehead atoms. The topological polar surface area (TPSA) is 82.6 Å². The maximum absolute atomic E-state index is 13.2. The van der Waals surface area contributed by atoms with E-state index in [-0.39, 0.29) is 30.2 Å². The number of hydrogen-bond donors (Lipinski definition) is 1. The quantitative estimate of drug-likeness (QED) is 0.591. The third-order valence-electron chi connectivity index (χ3n) is 5.67. The lowest BCUT2D eigenvalue weighted by Gasteiger charge is -2.33. The van der Waals surface area contributed by atoms with Crippen molar-refractivity contribution in [1.29, 1.82) is 0 Å². The standard InChI is InChI=1S/C23H24N4O3/c1-2-10-25-21(28)17-8-12-26(13-9-17)19-7-3-6-18-20(19)23(30)27(22(18)29)15-16-5-4-11-24-14-16/h2-7,11,14,17H,1,8-10,12-13,15H2,(H,25,28). The van der Waals surface area contributed by atoms with Crippen LogP contribution < -0.4 is 10.2 Å². The Balaban J connectivity index is 1.51. The van der Waals surface area contributed by atoms with Crippen LogP contribution in [0.1, 0.15) is 39.1 Å². The van der Waals surface area contributed by atoms with Crippen molar-refractivity contribution in [3.8, 4) is 0 Å². The van der Waals surface area contributed by atoms with Gasteiger partial charge in [0.25, 0.3) is 11.8 Å². The zero-order chi connectivity index (χ0) is 21.1. The largest absolute Gasteiger partial charge is 0.371 e. The van der Waals surface area contributed by atoms with Gasteiger partial charge in [0.15, 0.2) is 0 Å². The van der Waals surface area contributed by atoms with E-state index in [0.717, 1.165) is 11.3 Å². The monoisotopic (exact) mass is 404 g/mol. The molecule has 1 aromatic carbocycles. The molecule has 0 spiro atoms. The lowest BCUT2D eigenvalue weighted by Crippen LogP contribution is -2.41. The highest BCUT2D eigenvalue weighted by Crippen LogP contribution is 2.34. The summed E-state index contributed by atoms with van der Waals surface area (Å²) in [7, 11) is 0. The molecule has 3 amide bonds. The minimum Gasteiger partial charge on any atom is -0.371 e. The first kappa shape index (κ1) is 19.8. The molecule has 0 unspecified atom stereocenters. The minimum absolute atomic E-state index is 0.0433. The van der Waals surface area contributed by atoms with Gasteiger partial charge in [-0.15, -0.1) is 6.58 Å². The van der Waals surface area contributed by atoms with Gasteiger partial charge in [-0.1, -0.05) is 18.2 Å². The molecule has 7 nitrogen and oxygen atoms in total. The molecule has 0 radical (unpaired) electrons. The number of nitrogens with one attached hydrogen (secondary N) is 1. The summed E-state index contributed by atoms with van der Waals surface area (Å²) in [5.41, 5.74) is 2.47. The summed E-state index contributed by atoms with van der Waals surface area (Å²) >= 11 is 0. The van der Waals surface area contributed by atoms with Gasteiger partial charge >= 0.3 is 0 Å². The highest BCUT2D eigenvalue weighted by atomic mass is 16.2. The van der Waals surface area contributed by atoms with Crippen LogP contribution in [-0.4, -0.2) is 47.2 Å². The van der Waals surface area contributed by atoms with Crippen molar-refractivity contribution >= 4 is 23.4 Å². The first-order chi connectivity index (χ1) is 14.6. The zero-order valence-electron chi connectivity index (χ0n) is 16.7. The molecule has 4 rings (SSSR count).